The fourth-order valence-electron chi connectivity index (χ4n) is 2.90. The molecule has 4 nitrogen and oxygen atoms in total. The average molecular weight is 340 g/mol. The molecule has 0 aliphatic heterocycles. The van der Waals surface area contributed by atoms with Crippen LogP contribution in [0.3, 0.4) is 0 Å². The number of benzene rings is 3. The molecule has 0 aliphatic carbocycles. The fraction of sp³-hybridized carbons (Fsp3) is 0.0909. The van der Waals surface area contributed by atoms with Crippen molar-refractivity contribution in [1.29, 1.82) is 0 Å². The summed E-state index contributed by atoms with van der Waals surface area (Å²) >= 11 is 0. The van der Waals surface area contributed by atoms with E-state index in [0.29, 0.717) is 12.5 Å². The number of rotatable bonds is 5. The summed E-state index contributed by atoms with van der Waals surface area (Å²) in [7, 11) is 0. The van der Waals surface area contributed by atoms with Gasteiger partial charge in [-0.2, -0.15) is 4.98 Å². The van der Waals surface area contributed by atoms with Gasteiger partial charge in [0.25, 0.3) is 0 Å². The highest BCUT2D eigenvalue weighted by atomic mass is 15.1. The second-order valence-corrected chi connectivity index (χ2v) is 6.25. The van der Waals surface area contributed by atoms with E-state index in [1.54, 1.807) is 0 Å². The highest BCUT2D eigenvalue weighted by Gasteiger charge is 2.08. The summed E-state index contributed by atoms with van der Waals surface area (Å²) in [6.07, 6.45) is 0. The van der Waals surface area contributed by atoms with Crippen molar-refractivity contribution < 1.29 is 0 Å². The number of hydrogen-bond donors (Lipinski definition) is 2. The number of nitrogens with zero attached hydrogens (tertiary/aromatic N) is 2. The van der Waals surface area contributed by atoms with Crippen LogP contribution in [-0.4, -0.2) is 9.97 Å². The minimum absolute atomic E-state index is 0.588. The first kappa shape index (κ1) is 16.1. The highest BCUT2D eigenvalue weighted by molar-refractivity contribution is 5.90. The molecule has 0 spiro atoms. The molecular weight excluding hydrogens is 320 g/mol. The molecule has 4 heteroatoms. The normalized spacial score (nSPS) is 10.7. The van der Waals surface area contributed by atoms with Crippen molar-refractivity contribution in [3.05, 3.63) is 90.0 Å². The van der Waals surface area contributed by atoms with Gasteiger partial charge in [-0.1, -0.05) is 54.6 Å². The number of aromatic nitrogens is 2. The van der Waals surface area contributed by atoms with Crippen molar-refractivity contribution in [2.24, 2.45) is 0 Å². The first-order valence-electron chi connectivity index (χ1n) is 8.66. The molecule has 2 N–H and O–H groups in total. The number of aryl methyl sites for hydroxylation is 1. The van der Waals surface area contributed by atoms with Crippen molar-refractivity contribution in [3.8, 4) is 0 Å². The predicted octanol–water partition coefficient (Wildman–Crippen LogP) is 5.29. The number of anilines is 3. The summed E-state index contributed by atoms with van der Waals surface area (Å²) in [5.41, 5.74) is 4.30. The molecule has 1 aromatic heterocycles. The van der Waals surface area contributed by atoms with Gasteiger partial charge in [0.15, 0.2) is 0 Å². The molecule has 4 rings (SSSR count). The van der Waals surface area contributed by atoms with Gasteiger partial charge >= 0.3 is 0 Å². The van der Waals surface area contributed by atoms with Crippen LogP contribution in [0.4, 0.5) is 17.5 Å². The molecule has 0 bridgehead atoms. The van der Waals surface area contributed by atoms with Crippen LogP contribution in [0.25, 0.3) is 10.9 Å². The maximum absolute atomic E-state index is 4.71. The van der Waals surface area contributed by atoms with Crippen LogP contribution < -0.4 is 10.6 Å². The number of hydrogen-bond acceptors (Lipinski definition) is 4. The van der Waals surface area contributed by atoms with Crippen LogP contribution in [0, 0.1) is 6.92 Å². The zero-order valence-electron chi connectivity index (χ0n) is 14.6. The molecule has 0 atom stereocenters. The fourth-order valence-corrected chi connectivity index (χ4v) is 2.90. The third kappa shape index (κ3) is 3.64. The van der Waals surface area contributed by atoms with E-state index in [0.717, 1.165) is 22.4 Å². The Labute approximate surface area is 152 Å². The lowest BCUT2D eigenvalue weighted by Gasteiger charge is -2.12. The second-order valence-electron chi connectivity index (χ2n) is 6.25. The molecule has 0 radical (unpaired) electrons. The van der Waals surface area contributed by atoms with Gasteiger partial charge in [0.05, 0.1) is 5.52 Å². The summed E-state index contributed by atoms with van der Waals surface area (Å²) in [6, 6.07) is 26.5. The lowest BCUT2D eigenvalue weighted by atomic mass is 10.2. The van der Waals surface area contributed by atoms with E-state index in [-0.39, 0.29) is 0 Å². The Kier molecular flexibility index (Phi) is 4.48. The first-order chi connectivity index (χ1) is 12.8. The number of nitrogens with one attached hydrogen (secondary N) is 2. The van der Waals surface area contributed by atoms with E-state index < -0.39 is 0 Å². The Morgan fingerprint density at radius 2 is 1.62 bits per heavy atom. The van der Waals surface area contributed by atoms with Crippen LogP contribution in [0.1, 0.15) is 11.1 Å². The van der Waals surface area contributed by atoms with Gasteiger partial charge in [-0.3, -0.25) is 0 Å². The van der Waals surface area contributed by atoms with E-state index in [4.69, 9.17) is 4.98 Å². The third-order valence-corrected chi connectivity index (χ3v) is 4.18. The van der Waals surface area contributed by atoms with Crippen molar-refractivity contribution in [3.63, 3.8) is 0 Å². The minimum Gasteiger partial charge on any atom is -0.365 e. The van der Waals surface area contributed by atoms with E-state index in [9.17, 15) is 0 Å². The van der Waals surface area contributed by atoms with Crippen LogP contribution in [-0.2, 0) is 6.54 Å². The lowest BCUT2D eigenvalue weighted by molar-refractivity contribution is 1.10. The summed E-state index contributed by atoms with van der Waals surface area (Å²) in [5.74, 6) is 1.42. The Morgan fingerprint density at radius 3 is 2.46 bits per heavy atom. The van der Waals surface area contributed by atoms with Crippen LogP contribution in [0.2, 0.25) is 0 Å². The SMILES string of the molecule is Cc1cccc(Nc2nc(NCc3ccccc3)c3ccccc3n2)c1. The van der Waals surface area contributed by atoms with E-state index in [1.165, 1.54) is 11.1 Å². The monoisotopic (exact) mass is 340 g/mol. The van der Waals surface area contributed by atoms with Crippen LogP contribution >= 0.6 is 0 Å². The maximum atomic E-state index is 4.71. The van der Waals surface area contributed by atoms with Gasteiger partial charge < -0.3 is 10.6 Å². The lowest BCUT2D eigenvalue weighted by Crippen LogP contribution is -2.05. The topological polar surface area (TPSA) is 49.8 Å². The quantitative estimate of drug-likeness (QED) is 0.518. The molecule has 4 aromatic rings. The Hall–Kier alpha value is -3.40. The average Bonchev–Trinajstić information content (AvgIpc) is 2.67. The summed E-state index contributed by atoms with van der Waals surface area (Å²) in [4.78, 5) is 9.36. The smallest absolute Gasteiger partial charge is 0.229 e. The van der Waals surface area contributed by atoms with Gasteiger partial charge in [-0.25, -0.2) is 4.98 Å². The van der Waals surface area contributed by atoms with Gasteiger partial charge in [-0.05, 0) is 42.3 Å². The Balaban J connectivity index is 1.66. The molecule has 3 aromatic carbocycles. The molecule has 0 fully saturated rings. The first-order valence-corrected chi connectivity index (χ1v) is 8.66. The molecule has 26 heavy (non-hydrogen) atoms. The summed E-state index contributed by atoms with van der Waals surface area (Å²) in [6.45, 7) is 2.78. The molecule has 0 saturated heterocycles. The minimum atomic E-state index is 0.588. The van der Waals surface area contributed by atoms with Crippen LogP contribution in [0.15, 0.2) is 78.9 Å². The Morgan fingerprint density at radius 1 is 0.808 bits per heavy atom. The van der Waals surface area contributed by atoms with E-state index in [2.05, 4.69) is 46.8 Å². The maximum Gasteiger partial charge on any atom is 0.229 e. The predicted molar refractivity (Wildman–Crippen MR) is 108 cm³/mol. The highest BCUT2D eigenvalue weighted by Crippen LogP contribution is 2.24. The van der Waals surface area contributed by atoms with E-state index in [1.807, 2.05) is 54.6 Å². The molecular formula is C22H20N4. The molecule has 128 valence electrons. The molecule has 0 amide bonds. The number of para-hydroxylation sites is 1. The Bertz CT molecular complexity index is 1030. The molecule has 0 saturated carbocycles. The standard InChI is InChI=1S/C22H20N4/c1-16-8-7-11-18(14-16)24-22-25-20-13-6-5-12-19(20)21(26-22)23-15-17-9-3-2-4-10-17/h2-14H,15H2,1H3,(H2,23,24,25,26). The van der Waals surface area contributed by atoms with Crippen molar-refractivity contribution in [2.75, 3.05) is 10.6 Å². The largest absolute Gasteiger partial charge is 0.365 e. The van der Waals surface area contributed by atoms with Crippen molar-refractivity contribution in [2.45, 2.75) is 13.5 Å². The van der Waals surface area contributed by atoms with Crippen LogP contribution in [0.5, 0.6) is 0 Å². The molecule has 0 aliphatic rings. The zero-order valence-corrected chi connectivity index (χ0v) is 14.6. The number of fused-ring (bicyclic) bond motifs is 1. The summed E-state index contributed by atoms with van der Waals surface area (Å²) in [5, 5.41) is 7.78. The van der Waals surface area contributed by atoms with E-state index >= 15 is 0 Å². The molecule has 1 heterocycles. The van der Waals surface area contributed by atoms with Crippen molar-refractivity contribution in [1.82, 2.24) is 9.97 Å². The van der Waals surface area contributed by atoms with Gasteiger partial charge in [-0.15, -0.1) is 0 Å². The van der Waals surface area contributed by atoms with Gasteiger partial charge in [0.1, 0.15) is 5.82 Å². The van der Waals surface area contributed by atoms with Crippen molar-refractivity contribution >= 4 is 28.4 Å². The second kappa shape index (κ2) is 7.23. The third-order valence-electron chi connectivity index (χ3n) is 4.18. The van der Waals surface area contributed by atoms with Gasteiger partial charge in [0.2, 0.25) is 5.95 Å². The molecule has 0 unspecified atom stereocenters. The van der Waals surface area contributed by atoms with Gasteiger partial charge in [0, 0.05) is 17.6 Å². The zero-order chi connectivity index (χ0) is 17.8. The summed E-state index contributed by atoms with van der Waals surface area (Å²) < 4.78 is 0.